The van der Waals surface area contributed by atoms with Gasteiger partial charge in [-0.2, -0.15) is 0 Å². The maximum atomic E-state index is 13.2. The largest absolute Gasteiger partial charge is 0.357 e. The summed E-state index contributed by atoms with van der Waals surface area (Å²) in [6.45, 7) is 0.703. The fraction of sp³-hybridized carbons (Fsp3) is 0.143. The molecule has 0 saturated carbocycles. The molecule has 2 aromatic heterocycles. The van der Waals surface area contributed by atoms with Crippen LogP contribution in [0, 0.1) is 5.82 Å². The van der Waals surface area contributed by atoms with Gasteiger partial charge in [-0.1, -0.05) is 12.1 Å². The zero-order chi connectivity index (χ0) is 17.7. The highest BCUT2D eigenvalue weighted by atomic mass is 19.1. The van der Waals surface area contributed by atoms with Crippen molar-refractivity contribution in [2.75, 3.05) is 6.54 Å². The Hall–Kier alpha value is -3.21. The monoisotopic (exact) mass is 345 g/mol. The molecule has 0 fully saturated rings. The first-order valence-electron chi connectivity index (χ1n) is 8.68. The van der Waals surface area contributed by atoms with Crippen LogP contribution in [-0.4, -0.2) is 22.4 Å². The van der Waals surface area contributed by atoms with E-state index in [1.807, 2.05) is 24.4 Å². The van der Waals surface area contributed by atoms with Crippen LogP contribution in [0.5, 0.6) is 0 Å². The SMILES string of the molecule is O=C1NCCCc2[nH]c3c(ccc4cnc(-c5ccc(F)cc5)cc43)c21. The van der Waals surface area contributed by atoms with E-state index in [1.165, 1.54) is 12.1 Å². The van der Waals surface area contributed by atoms with Crippen LogP contribution >= 0.6 is 0 Å². The number of carbonyl (C=O) groups excluding carboxylic acids is 1. The van der Waals surface area contributed by atoms with Gasteiger partial charge in [-0.05, 0) is 43.2 Å². The second kappa shape index (κ2) is 5.66. The second-order valence-corrected chi connectivity index (χ2v) is 6.62. The number of carbonyl (C=O) groups is 1. The molecule has 0 saturated heterocycles. The number of nitrogens with zero attached hydrogens (tertiary/aromatic N) is 1. The number of hydrogen-bond acceptors (Lipinski definition) is 2. The number of amides is 1. The summed E-state index contributed by atoms with van der Waals surface area (Å²) in [6.07, 6.45) is 3.59. The van der Waals surface area contributed by atoms with E-state index in [-0.39, 0.29) is 11.7 Å². The Morgan fingerprint density at radius 3 is 2.73 bits per heavy atom. The molecule has 0 atom stereocenters. The number of aryl methyl sites for hydroxylation is 1. The molecule has 3 heterocycles. The summed E-state index contributed by atoms with van der Waals surface area (Å²) in [4.78, 5) is 20.4. The van der Waals surface area contributed by atoms with Crippen molar-refractivity contribution in [3.8, 4) is 11.3 Å². The Morgan fingerprint density at radius 2 is 1.88 bits per heavy atom. The van der Waals surface area contributed by atoms with Crippen LogP contribution in [0.3, 0.4) is 0 Å². The molecule has 4 aromatic rings. The van der Waals surface area contributed by atoms with Gasteiger partial charge >= 0.3 is 0 Å². The zero-order valence-electron chi connectivity index (χ0n) is 14.0. The molecule has 2 aromatic carbocycles. The fourth-order valence-electron chi connectivity index (χ4n) is 3.72. The fourth-order valence-corrected chi connectivity index (χ4v) is 3.72. The molecule has 0 radical (unpaired) electrons. The number of aromatic nitrogens is 2. The highest BCUT2D eigenvalue weighted by Crippen LogP contribution is 2.32. The summed E-state index contributed by atoms with van der Waals surface area (Å²) in [6, 6.07) is 12.3. The van der Waals surface area contributed by atoms with Gasteiger partial charge in [0.1, 0.15) is 5.82 Å². The number of halogens is 1. The Labute approximate surface area is 149 Å². The normalized spacial score (nSPS) is 14.3. The van der Waals surface area contributed by atoms with Gasteiger partial charge in [0, 0.05) is 40.2 Å². The van der Waals surface area contributed by atoms with E-state index in [9.17, 15) is 9.18 Å². The molecule has 0 aliphatic carbocycles. The van der Waals surface area contributed by atoms with Crippen LogP contribution < -0.4 is 5.32 Å². The van der Waals surface area contributed by atoms with Gasteiger partial charge in [-0.15, -0.1) is 0 Å². The van der Waals surface area contributed by atoms with Crippen LogP contribution in [0.15, 0.2) is 48.7 Å². The molecular formula is C21H16FN3O. The summed E-state index contributed by atoms with van der Waals surface area (Å²) in [5.74, 6) is -0.285. The average Bonchev–Trinajstić information content (AvgIpc) is 2.94. The van der Waals surface area contributed by atoms with Crippen molar-refractivity contribution in [2.45, 2.75) is 12.8 Å². The minimum Gasteiger partial charge on any atom is -0.357 e. The first-order valence-corrected chi connectivity index (χ1v) is 8.68. The van der Waals surface area contributed by atoms with E-state index in [0.29, 0.717) is 6.54 Å². The van der Waals surface area contributed by atoms with Crippen LogP contribution in [-0.2, 0) is 6.42 Å². The van der Waals surface area contributed by atoms with E-state index in [4.69, 9.17) is 0 Å². The number of hydrogen-bond donors (Lipinski definition) is 2. The lowest BCUT2D eigenvalue weighted by molar-refractivity contribution is 0.0957. The lowest BCUT2D eigenvalue weighted by Gasteiger charge is -2.05. The minimum absolute atomic E-state index is 0.0177. The van der Waals surface area contributed by atoms with E-state index in [0.717, 1.165) is 57.0 Å². The van der Waals surface area contributed by atoms with Gasteiger partial charge in [0.2, 0.25) is 0 Å². The molecule has 1 aliphatic heterocycles. The highest BCUT2D eigenvalue weighted by Gasteiger charge is 2.21. The zero-order valence-corrected chi connectivity index (χ0v) is 14.0. The third-order valence-electron chi connectivity index (χ3n) is 5.01. The molecule has 4 nitrogen and oxygen atoms in total. The summed E-state index contributed by atoms with van der Waals surface area (Å²) in [7, 11) is 0. The summed E-state index contributed by atoms with van der Waals surface area (Å²) in [5.41, 5.74) is 4.33. The molecule has 0 bridgehead atoms. The number of aromatic amines is 1. The van der Waals surface area contributed by atoms with Crippen molar-refractivity contribution < 1.29 is 9.18 Å². The molecule has 0 unspecified atom stereocenters. The number of nitrogens with one attached hydrogen (secondary N) is 2. The van der Waals surface area contributed by atoms with Crippen molar-refractivity contribution in [1.29, 1.82) is 0 Å². The molecule has 2 N–H and O–H groups in total. The lowest BCUT2D eigenvalue weighted by atomic mass is 10.0. The van der Waals surface area contributed by atoms with E-state index in [2.05, 4.69) is 15.3 Å². The van der Waals surface area contributed by atoms with Crippen LogP contribution in [0.4, 0.5) is 4.39 Å². The molecular weight excluding hydrogens is 329 g/mol. The van der Waals surface area contributed by atoms with E-state index >= 15 is 0 Å². The number of rotatable bonds is 1. The number of pyridine rings is 1. The Bertz CT molecular complexity index is 1160. The van der Waals surface area contributed by atoms with Gasteiger partial charge in [0.15, 0.2) is 0 Å². The summed E-state index contributed by atoms with van der Waals surface area (Å²) < 4.78 is 13.2. The summed E-state index contributed by atoms with van der Waals surface area (Å²) in [5, 5.41) is 5.91. The van der Waals surface area contributed by atoms with Gasteiger partial charge in [0.25, 0.3) is 5.91 Å². The molecule has 5 heteroatoms. The topological polar surface area (TPSA) is 57.8 Å². The lowest BCUT2D eigenvalue weighted by Crippen LogP contribution is -2.22. The molecule has 1 aliphatic rings. The number of fused-ring (bicyclic) bond motifs is 5. The van der Waals surface area contributed by atoms with Crippen molar-refractivity contribution in [3.05, 3.63) is 65.7 Å². The number of benzene rings is 2. The van der Waals surface area contributed by atoms with Crippen molar-refractivity contribution >= 4 is 27.6 Å². The van der Waals surface area contributed by atoms with Crippen molar-refractivity contribution in [1.82, 2.24) is 15.3 Å². The van der Waals surface area contributed by atoms with E-state index in [1.54, 1.807) is 12.1 Å². The average molecular weight is 345 g/mol. The predicted octanol–water partition coefficient (Wildman–Crippen LogP) is 4.20. The maximum Gasteiger partial charge on any atom is 0.253 e. The minimum atomic E-state index is -0.268. The molecule has 0 spiro atoms. The number of H-pyrrole nitrogens is 1. The van der Waals surface area contributed by atoms with Crippen LogP contribution in [0.2, 0.25) is 0 Å². The van der Waals surface area contributed by atoms with Gasteiger partial charge in [0.05, 0.1) is 16.8 Å². The first-order chi connectivity index (χ1) is 12.7. The predicted molar refractivity (Wildman–Crippen MR) is 99.6 cm³/mol. The summed E-state index contributed by atoms with van der Waals surface area (Å²) >= 11 is 0. The second-order valence-electron chi connectivity index (χ2n) is 6.62. The maximum absolute atomic E-state index is 13.2. The Morgan fingerprint density at radius 1 is 1.04 bits per heavy atom. The third kappa shape index (κ3) is 2.28. The van der Waals surface area contributed by atoms with E-state index < -0.39 is 0 Å². The molecule has 26 heavy (non-hydrogen) atoms. The molecule has 128 valence electrons. The molecule has 5 rings (SSSR count). The highest BCUT2D eigenvalue weighted by molar-refractivity contribution is 6.15. The van der Waals surface area contributed by atoms with Gasteiger partial charge < -0.3 is 10.3 Å². The third-order valence-corrected chi connectivity index (χ3v) is 5.01. The van der Waals surface area contributed by atoms with Crippen LogP contribution in [0.1, 0.15) is 22.5 Å². The van der Waals surface area contributed by atoms with Crippen molar-refractivity contribution in [3.63, 3.8) is 0 Å². The first kappa shape index (κ1) is 15.1. The molecule has 1 amide bonds. The van der Waals surface area contributed by atoms with Crippen LogP contribution in [0.25, 0.3) is 32.9 Å². The Balaban J connectivity index is 1.76. The Kier molecular flexibility index (Phi) is 3.28. The van der Waals surface area contributed by atoms with Gasteiger partial charge in [-0.25, -0.2) is 4.39 Å². The standard InChI is InChI=1S/C21H16FN3O/c22-14-6-3-12(4-7-14)18-10-16-13(11-24-18)5-8-15-19-17(25-20(15)16)2-1-9-23-21(19)26/h3-8,10-11,25H,1-2,9H2,(H,23,26). The van der Waals surface area contributed by atoms with Crippen molar-refractivity contribution in [2.24, 2.45) is 0 Å². The van der Waals surface area contributed by atoms with Gasteiger partial charge in [-0.3, -0.25) is 9.78 Å². The quantitative estimate of drug-likeness (QED) is 0.543. The smallest absolute Gasteiger partial charge is 0.253 e.